The van der Waals surface area contributed by atoms with Crippen LogP contribution < -0.4 is 10.6 Å². The second kappa shape index (κ2) is 6.19. The van der Waals surface area contributed by atoms with Crippen LogP contribution in [0.1, 0.15) is 18.1 Å². The van der Waals surface area contributed by atoms with Gasteiger partial charge in [-0.2, -0.15) is 0 Å². The number of primary amides is 1. The van der Waals surface area contributed by atoms with Crippen LogP contribution in [-0.2, 0) is 16.1 Å². The quantitative estimate of drug-likeness (QED) is 0.739. The van der Waals surface area contributed by atoms with Crippen LogP contribution in [0.4, 0.5) is 5.69 Å². The van der Waals surface area contributed by atoms with Crippen LogP contribution in [0.25, 0.3) is 22.6 Å². The smallest absolute Gasteiger partial charge is 0.258 e. The Bertz CT molecular complexity index is 1060. The van der Waals surface area contributed by atoms with E-state index in [-0.39, 0.29) is 12.5 Å². The Morgan fingerprint density at radius 1 is 1.12 bits per heavy atom. The van der Waals surface area contributed by atoms with E-state index in [1.807, 2.05) is 72.3 Å². The molecule has 26 heavy (non-hydrogen) atoms. The van der Waals surface area contributed by atoms with E-state index in [1.165, 1.54) is 0 Å². The fourth-order valence-corrected chi connectivity index (χ4v) is 3.60. The van der Waals surface area contributed by atoms with Gasteiger partial charge in [0.2, 0.25) is 5.91 Å². The summed E-state index contributed by atoms with van der Waals surface area (Å²) < 4.78 is 1.83. The maximum Gasteiger partial charge on any atom is 0.258 e. The molecule has 5 nitrogen and oxygen atoms in total. The van der Waals surface area contributed by atoms with Crippen molar-refractivity contribution in [2.24, 2.45) is 5.73 Å². The Morgan fingerprint density at radius 2 is 1.85 bits per heavy atom. The Balaban J connectivity index is 1.89. The largest absolute Gasteiger partial charge is 0.368 e. The van der Waals surface area contributed by atoms with Crippen LogP contribution in [0.2, 0.25) is 0 Å². The summed E-state index contributed by atoms with van der Waals surface area (Å²) in [7, 11) is 0. The molecule has 2 aromatic carbocycles. The highest BCUT2D eigenvalue weighted by Gasteiger charge is 2.31. The van der Waals surface area contributed by atoms with Crippen molar-refractivity contribution in [3.63, 3.8) is 0 Å². The minimum absolute atomic E-state index is 0.000400. The van der Waals surface area contributed by atoms with Crippen LogP contribution >= 0.6 is 0 Å². The van der Waals surface area contributed by atoms with Gasteiger partial charge in [0.1, 0.15) is 6.54 Å². The van der Waals surface area contributed by atoms with Crippen molar-refractivity contribution in [1.29, 1.82) is 0 Å². The average Bonchev–Trinajstić information content (AvgIpc) is 3.11. The number of carbonyl (C=O) groups is 2. The molecule has 0 spiro atoms. The van der Waals surface area contributed by atoms with Crippen molar-refractivity contribution in [1.82, 2.24) is 4.57 Å². The lowest BCUT2D eigenvalue weighted by Crippen LogP contribution is -2.25. The maximum absolute atomic E-state index is 12.9. The Kier molecular flexibility index (Phi) is 3.84. The standard InChI is InChI=1S/C21H19N3O2/c1-2-24-19-10-6-4-8-16(19)17(21(24)26)11-14-12-23(13-20(22)25)18-9-5-3-7-15(14)18/h3-12H,2,13H2,1H3,(H2,22,25)/b17-11-. The van der Waals surface area contributed by atoms with Gasteiger partial charge in [0.15, 0.2) is 0 Å². The molecule has 0 unspecified atom stereocenters. The molecule has 5 heteroatoms. The number of nitrogens with zero attached hydrogens (tertiary/aromatic N) is 2. The van der Waals surface area contributed by atoms with Gasteiger partial charge in [-0.1, -0.05) is 36.4 Å². The van der Waals surface area contributed by atoms with E-state index in [1.54, 1.807) is 4.90 Å². The van der Waals surface area contributed by atoms with Crippen molar-refractivity contribution in [2.45, 2.75) is 13.5 Å². The van der Waals surface area contributed by atoms with E-state index in [4.69, 9.17) is 5.73 Å². The van der Waals surface area contributed by atoms with Crippen LogP contribution in [0, 0.1) is 0 Å². The highest BCUT2D eigenvalue weighted by Crippen LogP contribution is 2.38. The molecular formula is C21H19N3O2. The summed E-state index contributed by atoms with van der Waals surface area (Å²) in [6.45, 7) is 2.70. The van der Waals surface area contributed by atoms with E-state index < -0.39 is 5.91 Å². The molecule has 2 heterocycles. The number of aromatic nitrogens is 1. The number of anilines is 1. The molecule has 0 saturated heterocycles. The molecule has 130 valence electrons. The summed E-state index contributed by atoms with van der Waals surface area (Å²) in [5.74, 6) is -0.398. The number of nitrogens with two attached hydrogens (primary N) is 1. The van der Waals surface area contributed by atoms with Gasteiger partial charge in [0.25, 0.3) is 5.91 Å². The number of rotatable bonds is 4. The number of benzene rings is 2. The van der Waals surface area contributed by atoms with Gasteiger partial charge >= 0.3 is 0 Å². The highest BCUT2D eigenvalue weighted by atomic mass is 16.2. The molecule has 2 amide bonds. The third-order valence-electron chi connectivity index (χ3n) is 4.72. The first-order valence-corrected chi connectivity index (χ1v) is 8.59. The molecule has 2 N–H and O–H groups in total. The van der Waals surface area contributed by atoms with Crippen molar-refractivity contribution < 1.29 is 9.59 Å². The summed E-state index contributed by atoms with van der Waals surface area (Å²) in [4.78, 5) is 26.1. The average molecular weight is 345 g/mol. The predicted octanol–water partition coefficient (Wildman–Crippen LogP) is 3.03. The number of likely N-dealkylation sites (N-methyl/N-ethyl adjacent to an activating group) is 1. The van der Waals surface area contributed by atoms with Crippen LogP contribution in [-0.4, -0.2) is 22.9 Å². The third-order valence-corrected chi connectivity index (χ3v) is 4.72. The molecular weight excluding hydrogens is 326 g/mol. The van der Waals surface area contributed by atoms with Gasteiger partial charge in [-0.15, -0.1) is 0 Å². The van der Waals surface area contributed by atoms with Gasteiger partial charge in [-0.3, -0.25) is 9.59 Å². The first kappa shape index (κ1) is 16.1. The van der Waals surface area contributed by atoms with Gasteiger partial charge in [-0.25, -0.2) is 0 Å². The highest BCUT2D eigenvalue weighted by molar-refractivity contribution is 6.36. The molecule has 3 aromatic rings. The Hall–Kier alpha value is -3.34. The lowest BCUT2D eigenvalue weighted by atomic mass is 10.0. The molecule has 0 fully saturated rings. The maximum atomic E-state index is 12.9. The lowest BCUT2D eigenvalue weighted by Gasteiger charge is -2.13. The zero-order chi connectivity index (χ0) is 18.3. The Morgan fingerprint density at radius 3 is 2.62 bits per heavy atom. The van der Waals surface area contributed by atoms with Gasteiger partial charge in [0.05, 0.1) is 5.69 Å². The fraction of sp³-hybridized carbons (Fsp3) is 0.143. The van der Waals surface area contributed by atoms with Gasteiger partial charge in [-0.05, 0) is 25.1 Å². The van der Waals surface area contributed by atoms with Crippen molar-refractivity contribution in [3.05, 3.63) is 65.9 Å². The normalized spacial score (nSPS) is 15.0. The SMILES string of the molecule is CCN1C(=O)/C(=C\c2cn(CC(N)=O)c3ccccc23)c2ccccc21. The zero-order valence-electron chi connectivity index (χ0n) is 14.5. The predicted molar refractivity (Wildman–Crippen MR) is 103 cm³/mol. The van der Waals surface area contributed by atoms with Crippen molar-refractivity contribution >= 4 is 40.1 Å². The van der Waals surface area contributed by atoms with E-state index in [9.17, 15) is 9.59 Å². The van der Waals surface area contributed by atoms with E-state index >= 15 is 0 Å². The summed E-state index contributed by atoms with van der Waals surface area (Å²) in [5, 5.41) is 0.987. The second-order valence-corrected chi connectivity index (χ2v) is 6.32. The molecule has 0 radical (unpaired) electrons. The van der Waals surface area contributed by atoms with Crippen LogP contribution in [0.5, 0.6) is 0 Å². The monoisotopic (exact) mass is 345 g/mol. The first-order chi connectivity index (χ1) is 12.6. The minimum Gasteiger partial charge on any atom is -0.368 e. The molecule has 0 atom stereocenters. The van der Waals surface area contributed by atoms with E-state index in [0.717, 1.165) is 27.7 Å². The summed E-state index contributed by atoms with van der Waals surface area (Å²) in [6, 6.07) is 15.6. The number of hydrogen-bond donors (Lipinski definition) is 1. The number of para-hydroxylation sites is 2. The topological polar surface area (TPSA) is 68.3 Å². The fourth-order valence-electron chi connectivity index (χ4n) is 3.60. The molecule has 1 aromatic heterocycles. The molecule has 0 aliphatic carbocycles. The summed E-state index contributed by atoms with van der Waals surface area (Å²) >= 11 is 0. The number of amides is 2. The minimum atomic E-state index is -0.399. The Labute approximate surface area is 151 Å². The van der Waals surface area contributed by atoms with Crippen LogP contribution in [0.3, 0.4) is 0 Å². The number of fused-ring (bicyclic) bond motifs is 2. The lowest BCUT2D eigenvalue weighted by molar-refractivity contribution is -0.118. The van der Waals surface area contributed by atoms with Crippen molar-refractivity contribution in [2.75, 3.05) is 11.4 Å². The van der Waals surface area contributed by atoms with E-state index in [0.29, 0.717) is 12.1 Å². The second-order valence-electron chi connectivity index (χ2n) is 6.32. The van der Waals surface area contributed by atoms with Crippen LogP contribution in [0.15, 0.2) is 54.7 Å². The number of carbonyl (C=O) groups excluding carboxylic acids is 2. The summed E-state index contributed by atoms with van der Waals surface area (Å²) in [5.41, 5.74) is 9.74. The molecule has 0 saturated carbocycles. The number of hydrogen-bond acceptors (Lipinski definition) is 2. The first-order valence-electron chi connectivity index (χ1n) is 8.59. The molecule has 4 rings (SSSR count). The zero-order valence-corrected chi connectivity index (χ0v) is 14.5. The van der Waals surface area contributed by atoms with E-state index in [2.05, 4.69) is 0 Å². The van der Waals surface area contributed by atoms with Gasteiger partial charge < -0.3 is 15.2 Å². The molecule has 0 bridgehead atoms. The van der Waals surface area contributed by atoms with Gasteiger partial charge in [0, 0.05) is 40.3 Å². The molecule has 1 aliphatic rings. The van der Waals surface area contributed by atoms with Crippen molar-refractivity contribution in [3.8, 4) is 0 Å². The summed E-state index contributed by atoms with van der Waals surface area (Å²) in [6.07, 6.45) is 3.80. The molecule has 1 aliphatic heterocycles. The third kappa shape index (κ3) is 2.49.